The standard InChI is InChI=1S/C7H13N3/c1-6(2)5-7(3,4)9-10-8/h1,5H2,2-4H3. The fourth-order valence-electron chi connectivity index (χ4n) is 0.895. The van der Waals surface area contributed by atoms with Gasteiger partial charge in [-0.2, -0.15) is 0 Å². The zero-order valence-corrected chi connectivity index (χ0v) is 6.76. The summed E-state index contributed by atoms with van der Waals surface area (Å²) in [5, 5.41) is 3.62. The molecule has 3 heteroatoms. The molecule has 0 fully saturated rings. The fraction of sp³-hybridized carbons (Fsp3) is 0.714. The molecule has 0 aromatic rings. The van der Waals surface area contributed by atoms with Crippen LogP contribution in [0.1, 0.15) is 27.2 Å². The summed E-state index contributed by atoms with van der Waals surface area (Å²) in [7, 11) is 0. The molecule has 0 rings (SSSR count). The molecule has 0 aromatic carbocycles. The molecule has 0 aliphatic carbocycles. The van der Waals surface area contributed by atoms with E-state index in [4.69, 9.17) is 5.53 Å². The fourth-order valence-corrected chi connectivity index (χ4v) is 0.895. The Hall–Kier alpha value is -0.950. The van der Waals surface area contributed by atoms with Crippen LogP contribution in [0.3, 0.4) is 0 Å². The van der Waals surface area contributed by atoms with Gasteiger partial charge in [0.25, 0.3) is 0 Å². The van der Waals surface area contributed by atoms with E-state index in [0.717, 1.165) is 12.0 Å². The van der Waals surface area contributed by atoms with Crippen LogP contribution in [0, 0.1) is 0 Å². The first-order valence-electron chi connectivity index (χ1n) is 3.18. The van der Waals surface area contributed by atoms with Crippen molar-refractivity contribution in [3.05, 3.63) is 22.6 Å². The Morgan fingerprint density at radius 1 is 1.70 bits per heavy atom. The minimum atomic E-state index is -0.319. The van der Waals surface area contributed by atoms with E-state index in [-0.39, 0.29) is 5.54 Å². The summed E-state index contributed by atoms with van der Waals surface area (Å²) in [6.45, 7) is 9.45. The number of hydrogen-bond acceptors (Lipinski definition) is 1. The van der Waals surface area contributed by atoms with Crippen molar-refractivity contribution in [3.8, 4) is 0 Å². The summed E-state index contributed by atoms with van der Waals surface area (Å²) in [4.78, 5) is 2.74. The predicted octanol–water partition coefficient (Wildman–Crippen LogP) is 3.04. The molecule has 0 amide bonds. The van der Waals surface area contributed by atoms with Gasteiger partial charge in [-0.05, 0) is 18.9 Å². The number of azide groups is 1. The van der Waals surface area contributed by atoms with E-state index in [2.05, 4.69) is 16.6 Å². The van der Waals surface area contributed by atoms with Crippen molar-refractivity contribution in [3.63, 3.8) is 0 Å². The first-order chi connectivity index (χ1) is 4.48. The van der Waals surface area contributed by atoms with Gasteiger partial charge in [-0.15, -0.1) is 6.58 Å². The molecule has 0 unspecified atom stereocenters. The lowest BCUT2D eigenvalue weighted by atomic mass is 9.98. The summed E-state index contributed by atoms with van der Waals surface area (Å²) in [5.41, 5.74) is 8.86. The maximum atomic E-state index is 8.14. The van der Waals surface area contributed by atoms with Crippen LogP contribution in [0.5, 0.6) is 0 Å². The van der Waals surface area contributed by atoms with E-state index < -0.39 is 0 Å². The zero-order chi connectivity index (χ0) is 8.20. The zero-order valence-electron chi connectivity index (χ0n) is 6.76. The summed E-state index contributed by atoms with van der Waals surface area (Å²) in [5.74, 6) is 0. The Morgan fingerprint density at radius 3 is 2.50 bits per heavy atom. The van der Waals surface area contributed by atoms with Crippen LogP contribution in [0.4, 0.5) is 0 Å². The first-order valence-corrected chi connectivity index (χ1v) is 3.18. The Balaban J connectivity index is 4.12. The van der Waals surface area contributed by atoms with Gasteiger partial charge >= 0.3 is 0 Å². The monoisotopic (exact) mass is 139 g/mol. The van der Waals surface area contributed by atoms with Gasteiger partial charge in [-0.3, -0.25) is 0 Å². The Bertz CT molecular complexity index is 175. The highest BCUT2D eigenvalue weighted by molar-refractivity contribution is 4.97. The average Bonchev–Trinajstić information content (AvgIpc) is 1.59. The lowest BCUT2D eigenvalue weighted by molar-refractivity contribution is 0.512. The van der Waals surface area contributed by atoms with E-state index in [9.17, 15) is 0 Å². The van der Waals surface area contributed by atoms with Gasteiger partial charge in [-0.25, -0.2) is 0 Å². The van der Waals surface area contributed by atoms with E-state index in [1.807, 2.05) is 20.8 Å². The normalized spacial score (nSPS) is 10.3. The molecule has 0 spiro atoms. The van der Waals surface area contributed by atoms with Crippen molar-refractivity contribution < 1.29 is 0 Å². The lowest BCUT2D eigenvalue weighted by Gasteiger charge is -2.16. The van der Waals surface area contributed by atoms with E-state index in [1.54, 1.807) is 0 Å². The van der Waals surface area contributed by atoms with Crippen molar-refractivity contribution in [2.45, 2.75) is 32.7 Å². The van der Waals surface area contributed by atoms with Crippen LogP contribution in [0.15, 0.2) is 17.3 Å². The SMILES string of the molecule is C=C(C)CC(C)(C)N=[N+]=[N-]. The largest absolute Gasteiger partial charge is 0.100 e. The summed E-state index contributed by atoms with van der Waals surface area (Å²) >= 11 is 0. The third kappa shape index (κ3) is 3.98. The van der Waals surface area contributed by atoms with Crippen LogP contribution < -0.4 is 0 Å². The molecule has 10 heavy (non-hydrogen) atoms. The predicted molar refractivity (Wildman–Crippen MR) is 42.7 cm³/mol. The highest BCUT2D eigenvalue weighted by Gasteiger charge is 2.14. The minimum absolute atomic E-state index is 0.319. The maximum absolute atomic E-state index is 8.14. The second-order valence-corrected chi connectivity index (χ2v) is 3.14. The van der Waals surface area contributed by atoms with Gasteiger partial charge in [0.2, 0.25) is 0 Å². The smallest absolute Gasteiger partial charge is 0.0468 e. The van der Waals surface area contributed by atoms with E-state index in [1.165, 1.54) is 0 Å². The first kappa shape index (κ1) is 9.05. The molecule has 0 bridgehead atoms. The van der Waals surface area contributed by atoms with Crippen molar-refractivity contribution in [2.75, 3.05) is 0 Å². The second kappa shape index (κ2) is 3.28. The molecule has 56 valence electrons. The molecular weight excluding hydrogens is 126 g/mol. The highest BCUT2D eigenvalue weighted by atomic mass is 15.2. The van der Waals surface area contributed by atoms with Crippen LogP contribution >= 0.6 is 0 Å². The topological polar surface area (TPSA) is 48.8 Å². The third-order valence-corrected chi connectivity index (χ3v) is 1.05. The third-order valence-electron chi connectivity index (χ3n) is 1.05. The summed E-state index contributed by atoms with van der Waals surface area (Å²) < 4.78 is 0. The number of nitrogens with zero attached hydrogens (tertiary/aromatic N) is 3. The molecule has 3 nitrogen and oxygen atoms in total. The van der Waals surface area contributed by atoms with Gasteiger partial charge in [0.15, 0.2) is 0 Å². The Morgan fingerprint density at radius 2 is 2.20 bits per heavy atom. The van der Waals surface area contributed by atoms with Gasteiger partial charge in [0.1, 0.15) is 0 Å². The molecule has 0 heterocycles. The average molecular weight is 139 g/mol. The van der Waals surface area contributed by atoms with Gasteiger partial charge in [0, 0.05) is 10.5 Å². The molecular formula is C7H13N3. The summed E-state index contributed by atoms with van der Waals surface area (Å²) in [6, 6.07) is 0. The quantitative estimate of drug-likeness (QED) is 0.250. The highest BCUT2D eigenvalue weighted by Crippen LogP contribution is 2.18. The molecule has 0 radical (unpaired) electrons. The molecule has 0 aromatic heterocycles. The summed E-state index contributed by atoms with van der Waals surface area (Å²) in [6.07, 6.45) is 0.747. The van der Waals surface area contributed by atoms with Gasteiger partial charge in [-0.1, -0.05) is 24.5 Å². The lowest BCUT2D eigenvalue weighted by Crippen LogP contribution is -2.15. The maximum Gasteiger partial charge on any atom is 0.0468 e. The van der Waals surface area contributed by atoms with Crippen LogP contribution in [0.2, 0.25) is 0 Å². The molecule has 0 saturated carbocycles. The van der Waals surface area contributed by atoms with E-state index >= 15 is 0 Å². The number of hydrogen-bond donors (Lipinski definition) is 0. The van der Waals surface area contributed by atoms with Gasteiger partial charge in [0.05, 0.1) is 0 Å². The number of rotatable bonds is 3. The van der Waals surface area contributed by atoms with Crippen molar-refractivity contribution in [1.82, 2.24) is 0 Å². The molecule has 0 aliphatic rings. The Labute approximate surface area is 61.4 Å². The van der Waals surface area contributed by atoms with E-state index in [0.29, 0.717) is 0 Å². The van der Waals surface area contributed by atoms with Crippen LogP contribution in [-0.2, 0) is 0 Å². The minimum Gasteiger partial charge on any atom is -0.100 e. The molecule has 0 atom stereocenters. The van der Waals surface area contributed by atoms with Crippen LogP contribution in [-0.4, -0.2) is 5.54 Å². The van der Waals surface area contributed by atoms with Crippen LogP contribution in [0.25, 0.3) is 10.4 Å². The van der Waals surface area contributed by atoms with Crippen molar-refractivity contribution in [1.29, 1.82) is 0 Å². The molecule has 0 N–H and O–H groups in total. The van der Waals surface area contributed by atoms with Crippen molar-refractivity contribution in [2.24, 2.45) is 5.11 Å². The molecule has 0 saturated heterocycles. The van der Waals surface area contributed by atoms with Gasteiger partial charge < -0.3 is 0 Å². The second-order valence-electron chi connectivity index (χ2n) is 3.14. The Kier molecular flexibility index (Phi) is 2.97. The van der Waals surface area contributed by atoms with Crippen molar-refractivity contribution >= 4 is 0 Å². The molecule has 0 aliphatic heterocycles.